The lowest BCUT2D eigenvalue weighted by Gasteiger charge is -2.28. The lowest BCUT2D eigenvalue weighted by atomic mass is 9.74. The van der Waals surface area contributed by atoms with Crippen molar-refractivity contribution in [2.45, 2.75) is 40.0 Å². The molecular formula is C21H26O2. The fourth-order valence-electron chi connectivity index (χ4n) is 2.95. The molecule has 0 saturated carbocycles. The van der Waals surface area contributed by atoms with Gasteiger partial charge in [-0.15, -0.1) is 0 Å². The van der Waals surface area contributed by atoms with Gasteiger partial charge in [0.2, 0.25) is 0 Å². The number of Topliss-reactive ketones (excluding diaryl/α,β-unsaturated/α-hetero) is 1. The average molecular weight is 310 g/mol. The highest BCUT2D eigenvalue weighted by Crippen LogP contribution is 2.39. The molecule has 2 rings (SSSR count). The van der Waals surface area contributed by atoms with E-state index in [4.69, 9.17) is 4.74 Å². The SMILES string of the molecule is C/C=C/C=C/CCCC1=CC(C)(C)C(=O)c2cc(OC)ccc21. The summed E-state index contributed by atoms with van der Waals surface area (Å²) in [6.45, 7) is 5.99. The monoisotopic (exact) mass is 310 g/mol. The van der Waals surface area contributed by atoms with E-state index in [0.717, 1.165) is 36.1 Å². The molecule has 0 saturated heterocycles. The second kappa shape index (κ2) is 7.45. The van der Waals surface area contributed by atoms with E-state index in [-0.39, 0.29) is 5.78 Å². The van der Waals surface area contributed by atoms with E-state index >= 15 is 0 Å². The molecule has 0 unspecified atom stereocenters. The molecule has 0 bridgehead atoms. The maximum atomic E-state index is 12.7. The molecule has 0 aliphatic heterocycles. The van der Waals surface area contributed by atoms with E-state index in [9.17, 15) is 4.79 Å². The normalized spacial score (nSPS) is 16.7. The Morgan fingerprint density at radius 3 is 2.65 bits per heavy atom. The molecule has 0 aromatic heterocycles. The fraction of sp³-hybridized carbons (Fsp3) is 0.381. The van der Waals surface area contributed by atoms with Crippen molar-refractivity contribution in [2.75, 3.05) is 7.11 Å². The Balaban J connectivity index is 2.21. The molecule has 2 heteroatoms. The van der Waals surface area contributed by atoms with Gasteiger partial charge in [-0.2, -0.15) is 0 Å². The summed E-state index contributed by atoms with van der Waals surface area (Å²) >= 11 is 0. The first-order valence-corrected chi connectivity index (χ1v) is 8.22. The van der Waals surface area contributed by atoms with E-state index in [0.29, 0.717) is 0 Å². The Labute approximate surface area is 139 Å². The number of carbonyl (C=O) groups excluding carboxylic acids is 1. The summed E-state index contributed by atoms with van der Waals surface area (Å²) in [6, 6.07) is 5.82. The van der Waals surface area contributed by atoms with Gasteiger partial charge >= 0.3 is 0 Å². The molecular weight excluding hydrogens is 284 g/mol. The van der Waals surface area contributed by atoms with E-state index < -0.39 is 5.41 Å². The van der Waals surface area contributed by atoms with Crippen LogP contribution in [0.2, 0.25) is 0 Å². The maximum absolute atomic E-state index is 12.7. The van der Waals surface area contributed by atoms with Crippen molar-refractivity contribution in [1.82, 2.24) is 0 Å². The molecule has 1 aromatic carbocycles. The minimum absolute atomic E-state index is 0.170. The number of fused-ring (bicyclic) bond motifs is 1. The minimum Gasteiger partial charge on any atom is -0.497 e. The summed E-state index contributed by atoms with van der Waals surface area (Å²) in [6.07, 6.45) is 13.6. The number of rotatable bonds is 6. The van der Waals surface area contributed by atoms with Crippen LogP contribution in [0.25, 0.3) is 5.57 Å². The Hall–Kier alpha value is -2.09. The summed E-state index contributed by atoms with van der Waals surface area (Å²) in [5, 5.41) is 0. The molecule has 122 valence electrons. The van der Waals surface area contributed by atoms with Gasteiger partial charge < -0.3 is 4.74 Å². The van der Waals surface area contributed by atoms with Crippen LogP contribution in [0, 0.1) is 5.41 Å². The topological polar surface area (TPSA) is 26.3 Å². The molecule has 0 radical (unpaired) electrons. The molecule has 23 heavy (non-hydrogen) atoms. The molecule has 0 atom stereocenters. The summed E-state index contributed by atoms with van der Waals surface area (Å²) in [5.74, 6) is 0.909. The van der Waals surface area contributed by atoms with Crippen LogP contribution < -0.4 is 4.74 Å². The van der Waals surface area contributed by atoms with Crippen molar-refractivity contribution in [2.24, 2.45) is 5.41 Å². The van der Waals surface area contributed by atoms with Crippen LogP contribution in [0.5, 0.6) is 5.75 Å². The number of allylic oxidation sites excluding steroid dienone is 6. The van der Waals surface area contributed by atoms with Gasteiger partial charge in [0, 0.05) is 11.0 Å². The summed E-state index contributed by atoms with van der Waals surface area (Å²) in [4.78, 5) is 12.7. The highest BCUT2D eigenvalue weighted by Gasteiger charge is 2.33. The first-order valence-electron chi connectivity index (χ1n) is 8.22. The van der Waals surface area contributed by atoms with Gasteiger partial charge in [-0.25, -0.2) is 0 Å². The predicted molar refractivity (Wildman–Crippen MR) is 96.9 cm³/mol. The predicted octanol–water partition coefficient (Wildman–Crippen LogP) is 5.60. The van der Waals surface area contributed by atoms with E-state index in [1.807, 2.05) is 51.1 Å². The van der Waals surface area contributed by atoms with Gasteiger partial charge in [-0.05, 0) is 63.3 Å². The Bertz CT molecular complexity index is 660. The highest BCUT2D eigenvalue weighted by molar-refractivity contribution is 6.08. The standard InChI is InChI=1S/C21H26O2/c1-5-6-7-8-9-10-11-16-15-21(2,3)20(22)19-14-17(23-4)12-13-18(16)19/h5-8,12-15H,9-11H2,1-4H3/b6-5+,8-7+. The van der Waals surface area contributed by atoms with Gasteiger partial charge in [-0.1, -0.05) is 36.4 Å². The van der Waals surface area contributed by atoms with Crippen LogP contribution in [-0.2, 0) is 0 Å². The van der Waals surface area contributed by atoms with Gasteiger partial charge in [0.1, 0.15) is 5.75 Å². The Kier molecular flexibility index (Phi) is 5.59. The van der Waals surface area contributed by atoms with Crippen molar-refractivity contribution in [3.63, 3.8) is 0 Å². The zero-order valence-electron chi connectivity index (χ0n) is 14.6. The zero-order valence-corrected chi connectivity index (χ0v) is 14.6. The fourth-order valence-corrected chi connectivity index (χ4v) is 2.95. The first kappa shape index (κ1) is 17.3. The largest absolute Gasteiger partial charge is 0.497 e. The summed E-state index contributed by atoms with van der Waals surface area (Å²) in [7, 11) is 1.63. The Morgan fingerprint density at radius 1 is 1.17 bits per heavy atom. The second-order valence-electron chi connectivity index (χ2n) is 6.48. The molecule has 0 fully saturated rings. The van der Waals surface area contributed by atoms with Crippen LogP contribution >= 0.6 is 0 Å². The van der Waals surface area contributed by atoms with Crippen LogP contribution in [0.1, 0.15) is 56.0 Å². The molecule has 0 heterocycles. The molecule has 0 amide bonds. The number of ketones is 1. The Morgan fingerprint density at radius 2 is 1.96 bits per heavy atom. The molecule has 1 aliphatic rings. The van der Waals surface area contributed by atoms with Crippen molar-refractivity contribution >= 4 is 11.4 Å². The van der Waals surface area contributed by atoms with Crippen LogP contribution in [0.15, 0.2) is 48.6 Å². The molecule has 0 N–H and O–H groups in total. The van der Waals surface area contributed by atoms with Crippen LogP contribution in [0.3, 0.4) is 0 Å². The first-order chi connectivity index (χ1) is 11.0. The van der Waals surface area contributed by atoms with Gasteiger partial charge in [0.25, 0.3) is 0 Å². The van der Waals surface area contributed by atoms with Crippen LogP contribution in [-0.4, -0.2) is 12.9 Å². The zero-order chi connectivity index (χ0) is 16.9. The second-order valence-corrected chi connectivity index (χ2v) is 6.48. The van der Waals surface area contributed by atoms with Crippen molar-refractivity contribution in [3.8, 4) is 5.75 Å². The number of ether oxygens (including phenoxy) is 1. The third-order valence-corrected chi connectivity index (χ3v) is 4.19. The third kappa shape index (κ3) is 4.01. The average Bonchev–Trinajstić information content (AvgIpc) is 2.54. The molecule has 0 spiro atoms. The van der Waals surface area contributed by atoms with Crippen molar-refractivity contribution in [1.29, 1.82) is 0 Å². The lowest BCUT2D eigenvalue weighted by molar-refractivity contribution is 0.0882. The van der Waals surface area contributed by atoms with Crippen molar-refractivity contribution in [3.05, 3.63) is 59.7 Å². The quantitative estimate of drug-likeness (QED) is 0.504. The number of carbonyl (C=O) groups is 1. The number of unbranched alkanes of at least 4 members (excludes halogenated alkanes) is 1. The number of benzene rings is 1. The molecule has 2 nitrogen and oxygen atoms in total. The summed E-state index contributed by atoms with van der Waals surface area (Å²) in [5.41, 5.74) is 2.67. The number of hydrogen-bond donors (Lipinski definition) is 0. The summed E-state index contributed by atoms with van der Waals surface area (Å²) < 4.78 is 5.28. The number of methoxy groups -OCH3 is 1. The number of hydrogen-bond acceptors (Lipinski definition) is 2. The van der Waals surface area contributed by atoms with E-state index in [1.54, 1.807) is 7.11 Å². The van der Waals surface area contributed by atoms with Gasteiger partial charge in [0.05, 0.1) is 7.11 Å². The molecule has 1 aliphatic carbocycles. The van der Waals surface area contributed by atoms with Crippen LogP contribution in [0.4, 0.5) is 0 Å². The minimum atomic E-state index is -0.449. The van der Waals surface area contributed by atoms with Crippen molar-refractivity contribution < 1.29 is 9.53 Å². The smallest absolute Gasteiger partial charge is 0.172 e. The molecule has 1 aromatic rings. The third-order valence-electron chi connectivity index (χ3n) is 4.19. The van der Waals surface area contributed by atoms with E-state index in [2.05, 4.69) is 18.2 Å². The lowest BCUT2D eigenvalue weighted by Crippen LogP contribution is -2.27. The van der Waals surface area contributed by atoms with Gasteiger partial charge in [-0.3, -0.25) is 4.79 Å². The maximum Gasteiger partial charge on any atom is 0.172 e. The van der Waals surface area contributed by atoms with Gasteiger partial charge in [0.15, 0.2) is 5.78 Å². The van der Waals surface area contributed by atoms with E-state index in [1.165, 1.54) is 5.57 Å². The highest BCUT2D eigenvalue weighted by atomic mass is 16.5.